The summed E-state index contributed by atoms with van der Waals surface area (Å²) < 4.78 is 68.3. The molecule has 0 aliphatic heterocycles. The number of unbranched alkanes of at least 4 members (excludes halogenated alkanes) is 39. The number of carbonyl (C=O) groups is 4. The Morgan fingerprint density at radius 2 is 0.621 bits per heavy atom. The van der Waals surface area contributed by atoms with Gasteiger partial charge < -0.3 is 33.8 Å². The Kier molecular flexibility index (Phi) is 65.6. The molecule has 0 aliphatic carbocycles. The fraction of sp³-hybridized carbons (Fsp3) is 0.895. The SMILES string of the molecule is CCCCCC/C=C\C=C/CCCCCCCC(=O)OC[C@H](COP(=O)(O)OC[C@@H](O)COP(=O)(O)OC[C@@H](COC(=O)CCCCCCCCC)OC(=O)CCCCCCCCCCC(C)CC)OC(=O)CCCCCCCCCCCCCCCCCCCCC(C)C. The molecule has 17 nitrogen and oxygen atoms in total. The van der Waals surface area contributed by atoms with Crippen molar-refractivity contribution in [2.75, 3.05) is 39.6 Å². The number of hydrogen-bond acceptors (Lipinski definition) is 15. The zero-order valence-electron chi connectivity index (χ0n) is 61.5. The van der Waals surface area contributed by atoms with Gasteiger partial charge in [0.1, 0.15) is 19.3 Å². The molecule has 95 heavy (non-hydrogen) atoms. The first kappa shape index (κ1) is 92.5. The molecular weight excluding hydrogens is 1250 g/mol. The van der Waals surface area contributed by atoms with Gasteiger partial charge in [-0.2, -0.15) is 0 Å². The van der Waals surface area contributed by atoms with Crippen LogP contribution >= 0.6 is 15.6 Å². The Morgan fingerprint density at radius 3 is 0.947 bits per heavy atom. The minimum Gasteiger partial charge on any atom is -0.462 e. The smallest absolute Gasteiger partial charge is 0.462 e. The quantitative estimate of drug-likeness (QED) is 0.0169. The van der Waals surface area contributed by atoms with Crippen molar-refractivity contribution >= 4 is 39.5 Å². The number of rotatable bonds is 73. The van der Waals surface area contributed by atoms with Gasteiger partial charge in [-0.3, -0.25) is 37.3 Å². The fourth-order valence-corrected chi connectivity index (χ4v) is 12.7. The van der Waals surface area contributed by atoms with Gasteiger partial charge in [0, 0.05) is 25.7 Å². The van der Waals surface area contributed by atoms with E-state index in [1.54, 1.807) is 0 Å². The molecule has 0 saturated carbocycles. The first-order chi connectivity index (χ1) is 45.9. The van der Waals surface area contributed by atoms with Gasteiger partial charge in [0.15, 0.2) is 12.2 Å². The van der Waals surface area contributed by atoms with E-state index in [9.17, 15) is 43.2 Å². The molecule has 0 spiro atoms. The minimum atomic E-state index is -4.96. The van der Waals surface area contributed by atoms with E-state index in [-0.39, 0.29) is 25.7 Å². The van der Waals surface area contributed by atoms with Crippen LogP contribution in [0.25, 0.3) is 0 Å². The van der Waals surface area contributed by atoms with Crippen molar-refractivity contribution in [3.63, 3.8) is 0 Å². The molecule has 0 amide bonds. The molecule has 0 aliphatic rings. The first-order valence-corrected chi connectivity index (χ1v) is 41.8. The highest BCUT2D eigenvalue weighted by Gasteiger charge is 2.30. The predicted octanol–water partition coefficient (Wildman–Crippen LogP) is 21.9. The molecule has 0 saturated heterocycles. The third-order valence-corrected chi connectivity index (χ3v) is 19.3. The molecule has 0 bridgehead atoms. The van der Waals surface area contributed by atoms with Crippen molar-refractivity contribution in [3.8, 4) is 0 Å². The Hall–Kier alpha value is -2.46. The average Bonchev–Trinajstić information content (AvgIpc) is 2.64. The number of phosphoric acid groups is 2. The highest BCUT2D eigenvalue weighted by Crippen LogP contribution is 2.45. The zero-order chi connectivity index (χ0) is 70.0. The summed E-state index contributed by atoms with van der Waals surface area (Å²) in [5, 5.41) is 10.6. The molecule has 0 aromatic rings. The van der Waals surface area contributed by atoms with Crippen LogP contribution in [-0.4, -0.2) is 96.7 Å². The second-order valence-electron chi connectivity index (χ2n) is 27.4. The molecule has 0 rings (SSSR count). The van der Waals surface area contributed by atoms with Crippen LogP contribution in [0, 0.1) is 11.8 Å². The van der Waals surface area contributed by atoms with Gasteiger partial charge in [-0.1, -0.05) is 316 Å². The summed E-state index contributed by atoms with van der Waals surface area (Å²) in [4.78, 5) is 72.6. The molecule has 0 aromatic carbocycles. The largest absolute Gasteiger partial charge is 0.472 e. The third kappa shape index (κ3) is 68.5. The molecule has 0 fully saturated rings. The summed E-state index contributed by atoms with van der Waals surface area (Å²) in [7, 11) is -9.92. The second-order valence-corrected chi connectivity index (χ2v) is 30.3. The van der Waals surface area contributed by atoms with Crippen molar-refractivity contribution in [2.24, 2.45) is 11.8 Å². The van der Waals surface area contributed by atoms with Crippen LogP contribution < -0.4 is 0 Å². The number of aliphatic hydroxyl groups excluding tert-OH is 1. The number of aliphatic hydroxyl groups is 1. The Balaban J connectivity index is 5.21. The number of phosphoric ester groups is 2. The van der Waals surface area contributed by atoms with E-state index in [1.807, 2.05) is 0 Å². The van der Waals surface area contributed by atoms with Gasteiger partial charge in [-0.25, -0.2) is 9.13 Å². The van der Waals surface area contributed by atoms with Crippen LogP contribution in [0.4, 0.5) is 0 Å². The van der Waals surface area contributed by atoms with Gasteiger partial charge in [-0.15, -0.1) is 0 Å². The van der Waals surface area contributed by atoms with Gasteiger partial charge in [0.25, 0.3) is 0 Å². The van der Waals surface area contributed by atoms with E-state index < -0.39 is 97.5 Å². The fourth-order valence-electron chi connectivity index (χ4n) is 11.1. The first-order valence-electron chi connectivity index (χ1n) is 38.8. The van der Waals surface area contributed by atoms with Crippen LogP contribution in [0.3, 0.4) is 0 Å². The van der Waals surface area contributed by atoms with Crippen LogP contribution in [0.5, 0.6) is 0 Å². The molecule has 3 unspecified atom stereocenters. The summed E-state index contributed by atoms with van der Waals surface area (Å²) >= 11 is 0. The Morgan fingerprint density at radius 1 is 0.347 bits per heavy atom. The maximum Gasteiger partial charge on any atom is 0.472 e. The maximum atomic E-state index is 13.1. The topological polar surface area (TPSA) is 237 Å². The molecule has 0 heterocycles. The predicted molar refractivity (Wildman–Crippen MR) is 386 cm³/mol. The lowest BCUT2D eigenvalue weighted by molar-refractivity contribution is -0.161. The van der Waals surface area contributed by atoms with E-state index in [0.717, 1.165) is 134 Å². The van der Waals surface area contributed by atoms with Crippen molar-refractivity contribution in [1.29, 1.82) is 0 Å². The average molecular weight is 1390 g/mol. The molecule has 0 aromatic heterocycles. The number of hydrogen-bond donors (Lipinski definition) is 3. The lowest BCUT2D eigenvalue weighted by atomic mass is 9.99. The van der Waals surface area contributed by atoms with E-state index in [0.29, 0.717) is 25.7 Å². The molecule has 3 N–H and O–H groups in total. The van der Waals surface area contributed by atoms with E-state index >= 15 is 0 Å². The van der Waals surface area contributed by atoms with Crippen molar-refractivity contribution in [3.05, 3.63) is 24.3 Å². The Bertz CT molecular complexity index is 1930. The molecule has 0 radical (unpaired) electrons. The standard InChI is InChI=1S/C76H144O17P2/c1-7-10-12-14-16-17-18-19-24-28-31-34-41-47-53-59-74(79)87-65-72(92-75(80)60-54-48-42-35-32-29-26-23-21-20-22-25-27-30-33-39-44-50-56-68(4)5)67-91-95(84,85)89-63-70(77)62-88-94(82,83)90-66-71(64-86-73(78)58-52-46-38-15-13-11-8-2)93-76(81)61-55-49-43-37-36-40-45-51-57-69(6)9-3/h17-19,24,68-72,77H,7-16,20-23,25-67H2,1-6H3,(H,82,83)(H,84,85)/b18-17-,24-19-/t69?,70-,71+,72+/m0/s1. The van der Waals surface area contributed by atoms with Gasteiger partial charge in [0.2, 0.25) is 0 Å². The highest BCUT2D eigenvalue weighted by molar-refractivity contribution is 7.47. The molecule has 560 valence electrons. The Labute approximate surface area is 580 Å². The maximum absolute atomic E-state index is 13.1. The summed E-state index contributed by atoms with van der Waals surface area (Å²) in [5.74, 6) is -0.566. The van der Waals surface area contributed by atoms with Crippen molar-refractivity contribution in [2.45, 2.75) is 387 Å². The summed E-state index contributed by atoms with van der Waals surface area (Å²) in [5.41, 5.74) is 0. The number of ether oxygens (including phenoxy) is 4. The number of allylic oxidation sites excluding steroid dienone is 4. The van der Waals surface area contributed by atoms with E-state index in [1.165, 1.54) is 154 Å². The third-order valence-electron chi connectivity index (χ3n) is 17.4. The lowest BCUT2D eigenvalue weighted by Crippen LogP contribution is -2.30. The van der Waals surface area contributed by atoms with Crippen molar-refractivity contribution in [1.82, 2.24) is 0 Å². The monoisotopic (exact) mass is 1390 g/mol. The summed E-state index contributed by atoms with van der Waals surface area (Å²) in [6, 6.07) is 0. The van der Waals surface area contributed by atoms with E-state index in [2.05, 4.69) is 65.8 Å². The minimum absolute atomic E-state index is 0.101. The van der Waals surface area contributed by atoms with Gasteiger partial charge in [0.05, 0.1) is 26.4 Å². The van der Waals surface area contributed by atoms with Crippen LogP contribution in [0.1, 0.15) is 369 Å². The number of carbonyl (C=O) groups excluding carboxylic acids is 4. The number of esters is 4. The highest BCUT2D eigenvalue weighted by atomic mass is 31.2. The molecule has 6 atom stereocenters. The van der Waals surface area contributed by atoms with Crippen LogP contribution in [0.2, 0.25) is 0 Å². The zero-order valence-corrected chi connectivity index (χ0v) is 63.2. The van der Waals surface area contributed by atoms with E-state index in [4.69, 9.17) is 37.0 Å². The second kappa shape index (κ2) is 67.4. The molecule has 19 heteroatoms. The van der Waals surface area contributed by atoms with Gasteiger partial charge >= 0.3 is 39.5 Å². The summed E-state index contributed by atoms with van der Waals surface area (Å²) in [6.45, 7) is 9.51. The lowest BCUT2D eigenvalue weighted by Gasteiger charge is -2.21. The van der Waals surface area contributed by atoms with Gasteiger partial charge in [-0.05, 0) is 63.2 Å². The summed E-state index contributed by atoms with van der Waals surface area (Å²) in [6.07, 6.45) is 57.9. The van der Waals surface area contributed by atoms with Crippen molar-refractivity contribution < 1.29 is 80.2 Å². The van der Waals surface area contributed by atoms with Crippen LogP contribution in [0.15, 0.2) is 24.3 Å². The van der Waals surface area contributed by atoms with Crippen LogP contribution in [-0.2, 0) is 65.4 Å². The normalized spacial score (nSPS) is 14.5. The molecular formula is C76H144O17P2.